The predicted molar refractivity (Wildman–Crippen MR) is 150 cm³/mol. The minimum absolute atomic E-state index is 0.0118. The van der Waals surface area contributed by atoms with Gasteiger partial charge in [0.05, 0.1) is 35.7 Å². The molecule has 11 nitrogen and oxygen atoms in total. The Morgan fingerprint density at radius 2 is 1.95 bits per heavy atom. The van der Waals surface area contributed by atoms with Crippen molar-refractivity contribution < 1.29 is 4.79 Å². The minimum Gasteiger partial charge on any atom is -0.365 e. The molecule has 0 aliphatic carbocycles. The molecule has 202 valence electrons. The third-order valence-corrected chi connectivity index (χ3v) is 8.74. The second-order valence-electron chi connectivity index (χ2n) is 10.9. The van der Waals surface area contributed by atoms with E-state index in [0.717, 1.165) is 74.5 Å². The summed E-state index contributed by atoms with van der Waals surface area (Å²) >= 11 is 0. The molecule has 0 bridgehead atoms. The summed E-state index contributed by atoms with van der Waals surface area (Å²) in [7, 11) is 2.17. The van der Waals surface area contributed by atoms with Gasteiger partial charge in [0.25, 0.3) is 5.78 Å². The molecule has 1 atom stereocenters. The summed E-state index contributed by atoms with van der Waals surface area (Å²) in [6.45, 7) is 11.3. The van der Waals surface area contributed by atoms with Gasteiger partial charge in [0, 0.05) is 43.7 Å². The monoisotopic (exact) mass is 526 g/mol. The Bertz CT molecular complexity index is 1580. The highest BCUT2D eigenvalue weighted by Crippen LogP contribution is 2.38. The summed E-state index contributed by atoms with van der Waals surface area (Å²) in [5.74, 6) is 2.62. The maximum absolute atomic E-state index is 12.2. The Kier molecular flexibility index (Phi) is 5.76. The average Bonchev–Trinajstić information content (AvgIpc) is 3.71. The molecule has 3 aromatic heterocycles. The number of benzene rings is 1. The van der Waals surface area contributed by atoms with Gasteiger partial charge in [-0.2, -0.15) is 10.1 Å². The third-order valence-electron chi connectivity index (χ3n) is 8.74. The highest BCUT2D eigenvalue weighted by atomic mass is 16.2. The van der Waals surface area contributed by atoms with E-state index >= 15 is 0 Å². The fourth-order valence-corrected chi connectivity index (χ4v) is 6.68. The van der Waals surface area contributed by atoms with Crippen LogP contribution in [0.2, 0.25) is 0 Å². The fourth-order valence-electron chi connectivity index (χ4n) is 6.68. The number of H-pyrrole nitrogens is 1. The van der Waals surface area contributed by atoms with Crippen LogP contribution in [-0.2, 0) is 17.8 Å². The maximum atomic E-state index is 12.2. The van der Waals surface area contributed by atoms with E-state index < -0.39 is 0 Å². The summed E-state index contributed by atoms with van der Waals surface area (Å²) in [6, 6.07) is 4.50. The number of fused-ring (bicyclic) bond motifs is 4. The van der Waals surface area contributed by atoms with Gasteiger partial charge in [-0.3, -0.25) is 19.2 Å². The van der Waals surface area contributed by atoms with Crippen LogP contribution in [0.3, 0.4) is 0 Å². The van der Waals surface area contributed by atoms with Crippen LogP contribution >= 0.6 is 0 Å². The predicted octanol–water partition coefficient (Wildman–Crippen LogP) is 2.47. The van der Waals surface area contributed by atoms with E-state index in [-0.39, 0.29) is 11.9 Å². The lowest BCUT2D eigenvalue weighted by molar-refractivity contribution is -0.126. The van der Waals surface area contributed by atoms with Crippen molar-refractivity contribution in [2.24, 2.45) is 0 Å². The molecule has 1 aromatic carbocycles. The SMILES string of the molecule is C=CC(=O)N1CCN(c2nc3nnc([C@@H]4CCCN4C)n3c3c2CCN(c2c(C)ccc4[nH]ncc24)C3)CC1. The van der Waals surface area contributed by atoms with Crippen LogP contribution in [0.15, 0.2) is 31.0 Å². The van der Waals surface area contributed by atoms with Gasteiger partial charge in [-0.25, -0.2) is 0 Å². The van der Waals surface area contributed by atoms with Gasteiger partial charge in [0.1, 0.15) is 5.82 Å². The molecule has 4 aromatic rings. The standard InChI is InChI=1S/C28H34N10O/c1-4-24(39)35-12-14-36(15-13-35)26-19-9-11-37(25-18(2)7-8-21-20(25)16-29-31-21)17-23(19)38-27(32-33-28(38)30-26)22-6-5-10-34(22)3/h4,7-8,16,22H,1,5-6,9-15,17H2,2-3H3,(H,29,31)/t22-/m0/s1. The number of aromatic nitrogens is 6. The molecule has 0 saturated carbocycles. The molecule has 6 heterocycles. The molecular formula is C28H34N10O. The van der Waals surface area contributed by atoms with Crippen molar-refractivity contribution in [1.29, 1.82) is 0 Å². The van der Waals surface area contributed by atoms with Crippen LogP contribution in [-0.4, -0.2) is 91.8 Å². The number of aromatic amines is 1. The minimum atomic E-state index is -0.0118. The zero-order valence-electron chi connectivity index (χ0n) is 22.6. The number of hydrogen-bond donors (Lipinski definition) is 1. The zero-order valence-corrected chi connectivity index (χ0v) is 22.6. The summed E-state index contributed by atoms with van der Waals surface area (Å²) < 4.78 is 2.24. The third kappa shape index (κ3) is 3.86. The largest absolute Gasteiger partial charge is 0.365 e. The van der Waals surface area contributed by atoms with E-state index in [0.29, 0.717) is 18.9 Å². The highest BCUT2D eigenvalue weighted by Gasteiger charge is 2.34. The number of hydrogen-bond acceptors (Lipinski definition) is 8. The highest BCUT2D eigenvalue weighted by molar-refractivity contribution is 5.93. The smallest absolute Gasteiger partial charge is 0.257 e. The lowest BCUT2D eigenvalue weighted by Crippen LogP contribution is -2.49. The number of likely N-dealkylation sites (tertiary alicyclic amines) is 1. The van der Waals surface area contributed by atoms with E-state index in [1.54, 1.807) is 0 Å². The molecule has 2 saturated heterocycles. The molecule has 1 N–H and O–H groups in total. The topological polar surface area (TPSA) is 102 Å². The van der Waals surface area contributed by atoms with Gasteiger partial charge < -0.3 is 14.7 Å². The first kappa shape index (κ1) is 24.1. The summed E-state index contributed by atoms with van der Waals surface area (Å²) in [5, 5.41) is 17.9. The van der Waals surface area contributed by atoms with Crippen molar-refractivity contribution in [3.63, 3.8) is 0 Å². The van der Waals surface area contributed by atoms with E-state index in [1.807, 2.05) is 11.1 Å². The number of anilines is 2. The van der Waals surface area contributed by atoms with Crippen LogP contribution in [0, 0.1) is 6.92 Å². The number of piperazine rings is 1. The van der Waals surface area contributed by atoms with Gasteiger partial charge in [0.2, 0.25) is 5.91 Å². The Labute approximate surface area is 227 Å². The first-order chi connectivity index (χ1) is 19.0. The molecular weight excluding hydrogens is 492 g/mol. The van der Waals surface area contributed by atoms with Crippen molar-refractivity contribution in [1.82, 2.24) is 39.6 Å². The lowest BCUT2D eigenvalue weighted by Gasteiger charge is -2.38. The molecule has 1 amide bonds. The van der Waals surface area contributed by atoms with Gasteiger partial charge in [-0.1, -0.05) is 12.6 Å². The molecule has 11 heteroatoms. The molecule has 2 fully saturated rings. The number of carbonyl (C=O) groups is 1. The maximum Gasteiger partial charge on any atom is 0.257 e. The van der Waals surface area contributed by atoms with E-state index in [4.69, 9.17) is 10.1 Å². The first-order valence-corrected chi connectivity index (χ1v) is 13.8. The molecule has 39 heavy (non-hydrogen) atoms. The first-order valence-electron chi connectivity index (χ1n) is 13.8. The number of nitrogens with zero attached hydrogens (tertiary/aromatic N) is 9. The number of nitrogens with one attached hydrogen (secondary N) is 1. The van der Waals surface area contributed by atoms with Crippen molar-refractivity contribution in [3.05, 3.63) is 53.6 Å². The molecule has 3 aliphatic rings. The van der Waals surface area contributed by atoms with Crippen LogP contribution in [0.4, 0.5) is 11.5 Å². The van der Waals surface area contributed by atoms with E-state index in [1.165, 1.54) is 28.6 Å². The van der Waals surface area contributed by atoms with Gasteiger partial charge >= 0.3 is 0 Å². The van der Waals surface area contributed by atoms with Crippen LogP contribution in [0.5, 0.6) is 0 Å². The van der Waals surface area contributed by atoms with Crippen LogP contribution in [0.25, 0.3) is 16.7 Å². The van der Waals surface area contributed by atoms with Crippen molar-refractivity contribution >= 4 is 34.1 Å². The summed E-state index contributed by atoms with van der Waals surface area (Å²) in [4.78, 5) is 26.3. The van der Waals surface area contributed by atoms with E-state index in [9.17, 15) is 4.79 Å². The zero-order chi connectivity index (χ0) is 26.7. The van der Waals surface area contributed by atoms with Gasteiger partial charge in [-0.15, -0.1) is 10.2 Å². The Balaban J connectivity index is 1.33. The van der Waals surface area contributed by atoms with Crippen molar-refractivity contribution in [3.8, 4) is 0 Å². The Hall–Kier alpha value is -3.99. The number of aryl methyl sites for hydroxylation is 1. The number of amides is 1. The van der Waals surface area contributed by atoms with Crippen LogP contribution in [0.1, 0.15) is 41.5 Å². The molecule has 0 radical (unpaired) electrons. The Morgan fingerprint density at radius 1 is 1.10 bits per heavy atom. The van der Waals surface area contributed by atoms with Crippen molar-refractivity contribution in [2.45, 2.75) is 38.8 Å². The van der Waals surface area contributed by atoms with Crippen molar-refractivity contribution in [2.75, 3.05) is 56.1 Å². The number of rotatable bonds is 4. The Morgan fingerprint density at radius 3 is 2.72 bits per heavy atom. The number of carbonyl (C=O) groups excluding carboxylic acids is 1. The van der Waals surface area contributed by atoms with Gasteiger partial charge in [0.15, 0.2) is 5.82 Å². The van der Waals surface area contributed by atoms with E-state index in [2.05, 4.69) is 67.1 Å². The summed E-state index contributed by atoms with van der Waals surface area (Å²) in [5.41, 5.74) is 5.99. The summed E-state index contributed by atoms with van der Waals surface area (Å²) in [6.07, 6.45) is 6.43. The molecule has 3 aliphatic heterocycles. The average molecular weight is 527 g/mol. The molecule has 0 spiro atoms. The normalized spacial score (nSPS) is 20.3. The fraction of sp³-hybridized carbons (Fsp3) is 0.464. The second kappa shape index (κ2) is 9.33. The molecule has 7 rings (SSSR count). The quantitative estimate of drug-likeness (QED) is 0.405. The molecule has 0 unspecified atom stereocenters. The van der Waals surface area contributed by atoms with Crippen LogP contribution < -0.4 is 9.80 Å². The second-order valence-corrected chi connectivity index (χ2v) is 10.9. The lowest BCUT2D eigenvalue weighted by atomic mass is 10.0. The van der Waals surface area contributed by atoms with Gasteiger partial charge in [-0.05, 0) is 57.5 Å².